The molecular weight excluding hydrogens is 479 g/mol. The van der Waals surface area contributed by atoms with Gasteiger partial charge >= 0.3 is 0 Å². The molecule has 0 aliphatic heterocycles. The number of rotatable bonds is 8. The summed E-state index contributed by atoms with van der Waals surface area (Å²) in [4.78, 5) is 26.5. The van der Waals surface area contributed by atoms with Crippen LogP contribution in [0.4, 0.5) is 15.9 Å². The molecule has 1 aliphatic rings. The highest BCUT2D eigenvalue weighted by molar-refractivity contribution is 7.96. The van der Waals surface area contributed by atoms with Crippen molar-refractivity contribution in [2.24, 2.45) is 12.2 Å². The van der Waals surface area contributed by atoms with Gasteiger partial charge in [-0.05, 0) is 62.1 Å². The first kappa shape index (κ1) is 27.3. The molecule has 0 radical (unpaired) electrons. The average Bonchev–Trinajstić information content (AvgIpc) is 3.68. The fraction of sp³-hybridized carbons (Fsp3) is 0.333. The number of hydrogen-bond donors (Lipinski definition) is 3. The first-order chi connectivity index (χ1) is 17.3. The van der Waals surface area contributed by atoms with Gasteiger partial charge in [0.05, 0.1) is 11.3 Å². The molecule has 1 heterocycles. The second-order valence-corrected chi connectivity index (χ2v) is 9.08. The van der Waals surface area contributed by atoms with E-state index in [0.29, 0.717) is 11.5 Å². The van der Waals surface area contributed by atoms with E-state index >= 15 is 0 Å². The number of aromatic nitrogens is 1. The Hall–Kier alpha value is -3.30. The molecule has 7 nitrogen and oxygen atoms in total. The number of anilines is 2. The van der Waals surface area contributed by atoms with Crippen molar-refractivity contribution in [3.63, 3.8) is 0 Å². The summed E-state index contributed by atoms with van der Waals surface area (Å²) in [6, 6.07) is 12.1. The third kappa shape index (κ3) is 6.27. The minimum atomic E-state index is -0.490. The molecule has 1 amide bonds. The Balaban J connectivity index is 0.00000176. The van der Waals surface area contributed by atoms with Crippen LogP contribution in [0.2, 0.25) is 0 Å². The third-order valence-corrected chi connectivity index (χ3v) is 6.15. The summed E-state index contributed by atoms with van der Waals surface area (Å²) in [7, 11) is 1.54. The number of nitrogens with one attached hydrogen (secondary N) is 2. The second kappa shape index (κ2) is 12.1. The number of nitrogens with zero attached hydrogens (tertiary/aromatic N) is 1. The van der Waals surface area contributed by atoms with Gasteiger partial charge in [0.15, 0.2) is 5.75 Å². The summed E-state index contributed by atoms with van der Waals surface area (Å²) in [5.41, 5.74) is 1.91. The molecule has 0 bridgehead atoms. The van der Waals surface area contributed by atoms with E-state index in [4.69, 9.17) is 9.88 Å². The lowest BCUT2D eigenvalue weighted by Gasteiger charge is -2.21. The SMILES string of the molecule is CC.Cc1ccc(Nc2c(C(=O)NC3CC3)c(Oc3cccc(CSN)c3)c(C)c(=O)n2C)c(F)c1. The Morgan fingerprint density at radius 3 is 2.56 bits per heavy atom. The van der Waals surface area contributed by atoms with Crippen molar-refractivity contribution in [3.8, 4) is 11.5 Å². The monoisotopic (exact) mass is 512 g/mol. The Morgan fingerprint density at radius 2 is 1.92 bits per heavy atom. The molecule has 4 N–H and O–H groups in total. The van der Waals surface area contributed by atoms with Crippen molar-refractivity contribution in [3.05, 3.63) is 80.9 Å². The van der Waals surface area contributed by atoms with Crippen LogP contribution in [0.15, 0.2) is 47.3 Å². The maximum Gasteiger partial charge on any atom is 0.259 e. The van der Waals surface area contributed by atoms with Crippen LogP contribution in [0.1, 0.15) is 53.7 Å². The fourth-order valence-electron chi connectivity index (χ4n) is 3.64. The molecule has 9 heteroatoms. The largest absolute Gasteiger partial charge is 0.456 e. The Labute approximate surface area is 215 Å². The van der Waals surface area contributed by atoms with Crippen LogP contribution in [0, 0.1) is 19.7 Å². The summed E-state index contributed by atoms with van der Waals surface area (Å²) in [6.07, 6.45) is 1.78. The highest BCUT2D eigenvalue weighted by Gasteiger charge is 2.30. The van der Waals surface area contributed by atoms with Crippen LogP contribution < -0.4 is 26.1 Å². The maximum absolute atomic E-state index is 14.7. The predicted octanol–water partition coefficient (Wildman–Crippen LogP) is 5.70. The van der Waals surface area contributed by atoms with Gasteiger partial charge in [0, 0.05) is 18.8 Å². The molecule has 0 saturated heterocycles. The highest BCUT2D eigenvalue weighted by atomic mass is 32.2. The van der Waals surface area contributed by atoms with Crippen LogP contribution in [0.3, 0.4) is 0 Å². The zero-order chi connectivity index (χ0) is 26.4. The number of halogens is 1. The van der Waals surface area contributed by atoms with Crippen molar-refractivity contribution >= 4 is 29.4 Å². The average molecular weight is 513 g/mol. The van der Waals surface area contributed by atoms with Crippen LogP contribution in [-0.2, 0) is 12.8 Å². The number of benzene rings is 2. The van der Waals surface area contributed by atoms with Gasteiger partial charge in [-0.3, -0.25) is 19.3 Å². The van der Waals surface area contributed by atoms with Crippen molar-refractivity contribution in [2.75, 3.05) is 5.32 Å². The number of carbonyl (C=O) groups excluding carboxylic acids is 1. The lowest BCUT2D eigenvalue weighted by molar-refractivity contribution is 0.0948. The van der Waals surface area contributed by atoms with Gasteiger partial charge in [-0.15, -0.1) is 0 Å². The van der Waals surface area contributed by atoms with Crippen molar-refractivity contribution in [1.29, 1.82) is 0 Å². The van der Waals surface area contributed by atoms with Gasteiger partial charge in [0.2, 0.25) is 0 Å². The zero-order valence-electron chi connectivity index (χ0n) is 21.3. The number of ether oxygens (including phenoxy) is 1. The van der Waals surface area contributed by atoms with E-state index in [9.17, 15) is 14.0 Å². The van der Waals surface area contributed by atoms with Crippen LogP contribution in [-0.4, -0.2) is 16.5 Å². The molecule has 0 spiro atoms. The molecule has 2 aromatic carbocycles. The first-order valence-electron chi connectivity index (χ1n) is 11.9. The summed E-state index contributed by atoms with van der Waals surface area (Å²) in [6.45, 7) is 7.40. The molecule has 1 saturated carbocycles. The van der Waals surface area contributed by atoms with E-state index in [1.54, 1.807) is 39.1 Å². The second-order valence-electron chi connectivity index (χ2n) is 8.46. The standard InChI is InChI=1S/C25H27FN4O3S.C2H6/c1-14-7-10-20(19(26)11-14)29-23-21(24(31)28-17-8-9-17)22(15(2)25(32)30(23)3)33-18-6-4-5-16(12-18)13-34-27;1-2/h4-7,10-12,17,29H,8-9,13,27H2,1-3H3,(H,28,31);1-2H3. The van der Waals surface area contributed by atoms with Crippen LogP contribution in [0.5, 0.6) is 11.5 Å². The molecule has 0 unspecified atom stereocenters. The van der Waals surface area contributed by atoms with Crippen LogP contribution >= 0.6 is 11.9 Å². The minimum absolute atomic E-state index is 0.0757. The topological polar surface area (TPSA) is 98.4 Å². The van der Waals surface area contributed by atoms with Gasteiger partial charge < -0.3 is 15.4 Å². The number of nitrogens with two attached hydrogens (primary N) is 1. The molecule has 1 aromatic heterocycles. The number of aryl methyl sites for hydroxylation is 1. The maximum atomic E-state index is 14.7. The molecule has 36 heavy (non-hydrogen) atoms. The van der Waals surface area contributed by atoms with Crippen molar-refractivity contribution in [2.45, 2.75) is 52.3 Å². The molecule has 3 aromatic rings. The highest BCUT2D eigenvalue weighted by Crippen LogP contribution is 2.35. The Bertz CT molecular complexity index is 1300. The minimum Gasteiger partial charge on any atom is -0.456 e. The van der Waals surface area contributed by atoms with E-state index < -0.39 is 5.82 Å². The lowest BCUT2D eigenvalue weighted by atomic mass is 10.1. The summed E-state index contributed by atoms with van der Waals surface area (Å²) in [5.74, 6) is 0.460. The quantitative estimate of drug-likeness (QED) is 0.335. The van der Waals surface area contributed by atoms with Gasteiger partial charge in [-0.2, -0.15) is 0 Å². The molecular formula is C27H33FN4O3S. The molecule has 192 valence electrons. The van der Waals surface area contributed by atoms with Gasteiger partial charge in [-0.1, -0.05) is 44.0 Å². The van der Waals surface area contributed by atoms with Crippen LogP contribution in [0.25, 0.3) is 0 Å². The third-order valence-electron chi connectivity index (χ3n) is 5.65. The Morgan fingerprint density at radius 1 is 1.19 bits per heavy atom. The van der Waals surface area contributed by atoms with E-state index in [0.717, 1.165) is 24.0 Å². The number of pyridine rings is 1. The van der Waals surface area contributed by atoms with E-state index in [1.165, 1.54) is 22.6 Å². The van der Waals surface area contributed by atoms with Gasteiger partial charge in [0.1, 0.15) is 22.9 Å². The molecule has 1 aliphatic carbocycles. The molecule has 0 atom stereocenters. The number of carbonyl (C=O) groups is 1. The van der Waals surface area contributed by atoms with Crippen molar-refractivity contribution < 1.29 is 13.9 Å². The first-order valence-corrected chi connectivity index (χ1v) is 13.0. The molecule has 4 rings (SSSR count). The van der Waals surface area contributed by atoms with Gasteiger partial charge in [0.25, 0.3) is 11.5 Å². The number of hydrogen-bond acceptors (Lipinski definition) is 6. The zero-order valence-corrected chi connectivity index (χ0v) is 22.1. The summed E-state index contributed by atoms with van der Waals surface area (Å²) >= 11 is 1.19. The summed E-state index contributed by atoms with van der Waals surface area (Å²) in [5, 5.41) is 11.5. The smallest absolute Gasteiger partial charge is 0.259 e. The normalized spacial score (nSPS) is 12.4. The van der Waals surface area contributed by atoms with E-state index in [-0.39, 0.29) is 45.9 Å². The Kier molecular flexibility index (Phi) is 9.17. The fourth-order valence-corrected chi connectivity index (χ4v) is 4.02. The predicted molar refractivity (Wildman–Crippen MR) is 145 cm³/mol. The molecule has 1 fully saturated rings. The summed E-state index contributed by atoms with van der Waals surface area (Å²) < 4.78 is 22.1. The van der Waals surface area contributed by atoms with E-state index in [1.807, 2.05) is 32.0 Å². The number of amides is 1. The van der Waals surface area contributed by atoms with Crippen molar-refractivity contribution in [1.82, 2.24) is 9.88 Å². The van der Waals surface area contributed by atoms with E-state index in [2.05, 4.69) is 10.6 Å². The lowest BCUT2D eigenvalue weighted by Crippen LogP contribution is -2.31. The van der Waals surface area contributed by atoms with Gasteiger partial charge in [-0.25, -0.2) is 4.39 Å².